The second-order valence-electron chi connectivity index (χ2n) is 5.84. The van der Waals surface area contributed by atoms with Gasteiger partial charge in [-0.25, -0.2) is 13.1 Å². The van der Waals surface area contributed by atoms with E-state index in [1.807, 2.05) is 37.3 Å². The van der Waals surface area contributed by atoms with Gasteiger partial charge in [0.05, 0.1) is 23.2 Å². The van der Waals surface area contributed by atoms with Crippen LogP contribution in [0.15, 0.2) is 30.3 Å². The lowest BCUT2D eigenvalue weighted by Gasteiger charge is -2.40. The molecule has 0 spiro atoms. The van der Waals surface area contributed by atoms with E-state index in [0.717, 1.165) is 36.2 Å². The largest absolute Gasteiger partial charge is 0.280 e. The Labute approximate surface area is 124 Å². The molecule has 21 heavy (non-hydrogen) atoms. The smallest absolute Gasteiger partial charge is 0.209 e. The first-order valence-electron chi connectivity index (χ1n) is 7.00. The molecule has 1 aromatic heterocycles. The van der Waals surface area contributed by atoms with Crippen molar-refractivity contribution < 1.29 is 8.42 Å². The Bertz CT molecular complexity index is 743. The molecule has 2 aromatic rings. The summed E-state index contributed by atoms with van der Waals surface area (Å²) in [5.74, 6) is 0. The van der Waals surface area contributed by atoms with Crippen LogP contribution in [0.2, 0.25) is 0 Å². The highest BCUT2D eigenvalue weighted by Gasteiger charge is 2.42. The average molecular weight is 305 g/mol. The van der Waals surface area contributed by atoms with E-state index >= 15 is 0 Å². The van der Waals surface area contributed by atoms with Crippen molar-refractivity contribution in [3.8, 4) is 11.3 Å². The number of benzene rings is 1. The molecule has 5 nitrogen and oxygen atoms in total. The molecule has 1 fully saturated rings. The summed E-state index contributed by atoms with van der Waals surface area (Å²) in [4.78, 5) is 0. The highest BCUT2D eigenvalue weighted by molar-refractivity contribution is 7.88. The Morgan fingerprint density at radius 2 is 1.90 bits per heavy atom. The molecule has 1 aliphatic rings. The first-order chi connectivity index (χ1) is 9.88. The Balaban J connectivity index is 1.92. The molecule has 0 saturated heterocycles. The van der Waals surface area contributed by atoms with Crippen molar-refractivity contribution in [3.63, 3.8) is 0 Å². The molecule has 0 aliphatic heterocycles. The highest BCUT2D eigenvalue weighted by Crippen LogP contribution is 2.41. The molecule has 1 heterocycles. The number of aryl methyl sites for hydroxylation is 1. The molecule has 0 amide bonds. The van der Waals surface area contributed by atoms with Gasteiger partial charge in [-0.2, -0.15) is 5.10 Å². The molecular weight excluding hydrogens is 286 g/mol. The zero-order chi connectivity index (χ0) is 15.1. The Kier molecular flexibility index (Phi) is 3.37. The van der Waals surface area contributed by atoms with E-state index in [4.69, 9.17) is 0 Å². The normalized spacial score (nSPS) is 17.4. The van der Waals surface area contributed by atoms with Gasteiger partial charge >= 0.3 is 0 Å². The summed E-state index contributed by atoms with van der Waals surface area (Å²) in [6, 6.07) is 10.1. The van der Waals surface area contributed by atoms with Crippen LogP contribution in [-0.4, -0.2) is 24.9 Å². The van der Waals surface area contributed by atoms with Crippen LogP contribution < -0.4 is 4.72 Å². The van der Waals surface area contributed by atoms with E-state index < -0.39 is 15.6 Å². The van der Waals surface area contributed by atoms with Crippen molar-refractivity contribution in [1.29, 1.82) is 0 Å². The van der Waals surface area contributed by atoms with E-state index in [-0.39, 0.29) is 0 Å². The fourth-order valence-electron chi connectivity index (χ4n) is 2.75. The Morgan fingerprint density at radius 1 is 1.24 bits per heavy atom. The average Bonchev–Trinajstić information content (AvgIpc) is 2.83. The van der Waals surface area contributed by atoms with E-state index in [9.17, 15) is 8.42 Å². The fraction of sp³-hybridized carbons (Fsp3) is 0.400. The number of sulfonamides is 1. The van der Waals surface area contributed by atoms with Crippen LogP contribution in [0.1, 0.15) is 30.5 Å². The summed E-state index contributed by atoms with van der Waals surface area (Å²) in [5.41, 5.74) is 3.39. The lowest BCUT2D eigenvalue weighted by Crippen LogP contribution is -2.50. The summed E-state index contributed by atoms with van der Waals surface area (Å²) in [7, 11) is -3.25. The number of H-pyrrole nitrogens is 1. The molecule has 1 aliphatic carbocycles. The first-order valence-corrected chi connectivity index (χ1v) is 8.89. The van der Waals surface area contributed by atoms with Crippen molar-refractivity contribution >= 4 is 10.0 Å². The van der Waals surface area contributed by atoms with Crippen LogP contribution in [0.3, 0.4) is 0 Å². The van der Waals surface area contributed by atoms with Gasteiger partial charge in [0.2, 0.25) is 10.0 Å². The maximum Gasteiger partial charge on any atom is 0.209 e. The third kappa shape index (κ3) is 2.87. The van der Waals surface area contributed by atoms with Crippen LogP contribution in [-0.2, 0) is 15.6 Å². The van der Waals surface area contributed by atoms with Gasteiger partial charge in [-0.15, -0.1) is 0 Å². The standard InChI is InChI=1S/C15H19N3O2S/c1-11-4-6-12(7-5-11)13-10-14(17-16-13)15(8-3-9-15)18-21(2,19)20/h4-7,10,18H,3,8-9H2,1-2H3,(H,16,17). The predicted molar refractivity (Wildman–Crippen MR) is 82.3 cm³/mol. The number of hydrogen-bond donors (Lipinski definition) is 2. The monoisotopic (exact) mass is 305 g/mol. The van der Waals surface area contributed by atoms with Crippen molar-refractivity contribution in [2.75, 3.05) is 6.26 Å². The molecule has 6 heteroatoms. The lowest BCUT2D eigenvalue weighted by atomic mass is 9.75. The number of rotatable bonds is 4. The fourth-order valence-corrected chi connectivity index (χ4v) is 3.77. The molecule has 1 aromatic carbocycles. The molecule has 0 atom stereocenters. The number of aromatic amines is 1. The van der Waals surface area contributed by atoms with Gasteiger partial charge in [-0.05, 0) is 32.3 Å². The number of hydrogen-bond acceptors (Lipinski definition) is 3. The summed E-state index contributed by atoms with van der Waals surface area (Å²) in [6.07, 6.45) is 3.82. The second-order valence-corrected chi connectivity index (χ2v) is 7.59. The van der Waals surface area contributed by atoms with Gasteiger partial charge in [0, 0.05) is 5.56 Å². The van der Waals surface area contributed by atoms with Crippen LogP contribution in [0.5, 0.6) is 0 Å². The van der Waals surface area contributed by atoms with Crippen molar-refractivity contribution in [2.24, 2.45) is 0 Å². The zero-order valence-electron chi connectivity index (χ0n) is 12.2. The quantitative estimate of drug-likeness (QED) is 0.910. The topological polar surface area (TPSA) is 74.8 Å². The van der Waals surface area contributed by atoms with Crippen LogP contribution in [0.25, 0.3) is 11.3 Å². The molecule has 0 bridgehead atoms. The number of aromatic nitrogens is 2. The van der Waals surface area contributed by atoms with Crippen molar-refractivity contribution in [2.45, 2.75) is 31.7 Å². The SMILES string of the molecule is Cc1ccc(-c2cc(C3(NS(C)(=O)=O)CCC3)[nH]n2)cc1. The molecule has 112 valence electrons. The third-order valence-electron chi connectivity index (χ3n) is 4.03. The van der Waals surface area contributed by atoms with E-state index in [2.05, 4.69) is 14.9 Å². The van der Waals surface area contributed by atoms with Crippen LogP contribution in [0, 0.1) is 6.92 Å². The summed E-state index contributed by atoms with van der Waals surface area (Å²) in [5, 5.41) is 7.34. The minimum atomic E-state index is -3.25. The van der Waals surface area contributed by atoms with Crippen molar-refractivity contribution in [3.05, 3.63) is 41.6 Å². The molecule has 1 saturated carbocycles. The number of nitrogens with zero attached hydrogens (tertiary/aromatic N) is 1. The van der Waals surface area contributed by atoms with Gasteiger partial charge in [0.15, 0.2) is 0 Å². The first kappa shape index (κ1) is 14.3. The van der Waals surface area contributed by atoms with E-state index in [1.165, 1.54) is 11.8 Å². The lowest BCUT2D eigenvalue weighted by molar-refractivity contribution is 0.218. The van der Waals surface area contributed by atoms with Gasteiger partial charge in [0.1, 0.15) is 0 Å². The molecule has 0 radical (unpaired) electrons. The zero-order valence-corrected chi connectivity index (χ0v) is 13.0. The molecule has 2 N–H and O–H groups in total. The van der Waals surface area contributed by atoms with Crippen LogP contribution in [0.4, 0.5) is 0 Å². The third-order valence-corrected chi connectivity index (χ3v) is 4.79. The maximum absolute atomic E-state index is 11.6. The predicted octanol–water partition coefficient (Wildman–Crippen LogP) is 2.31. The van der Waals surface area contributed by atoms with Crippen molar-refractivity contribution in [1.82, 2.24) is 14.9 Å². The molecule has 3 rings (SSSR count). The highest BCUT2D eigenvalue weighted by atomic mass is 32.2. The minimum Gasteiger partial charge on any atom is -0.280 e. The van der Waals surface area contributed by atoms with Gasteiger partial charge < -0.3 is 0 Å². The Hall–Kier alpha value is -1.66. The second kappa shape index (κ2) is 4.96. The van der Waals surface area contributed by atoms with Gasteiger partial charge in [0.25, 0.3) is 0 Å². The molecular formula is C15H19N3O2S. The minimum absolute atomic E-state index is 0.510. The van der Waals surface area contributed by atoms with Gasteiger partial charge in [-0.3, -0.25) is 5.10 Å². The van der Waals surface area contributed by atoms with E-state index in [1.54, 1.807) is 0 Å². The molecule has 0 unspecified atom stereocenters. The maximum atomic E-state index is 11.6. The van der Waals surface area contributed by atoms with Gasteiger partial charge in [-0.1, -0.05) is 29.8 Å². The Morgan fingerprint density at radius 3 is 2.43 bits per heavy atom. The summed E-state index contributed by atoms with van der Waals surface area (Å²) in [6.45, 7) is 2.04. The van der Waals surface area contributed by atoms with Crippen LogP contribution >= 0.6 is 0 Å². The number of nitrogens with one attached hydrogen (secondary N) is 2. The van der Waals surface area contributed by atoms with E-state index in [0.29, 0.717) is 0 Å². The summed E-state index contributed by atoms with van der Waals surface area (Å²) >= 11 is 0. The summed E-state index contributed by atoms with van der Waals surface area (Å²) < 4.78 is 25.9.